The van der Waals surface area contributed by atoms with Gasteiger partial charge in [0, 0.05) is 40.3 Å². The van der Waals surface area contributed by atoms with Crippen molar-refractivity contribution < 1.29 is 0 Å². The first-order valence-corrected chi connectivity index (χ1v) is 21.5. The molecule has 13 rings (SSSR count). The fourth-order valence-electron chi connectivity index (χ4n) is 9.91. The number of benzene rings is 11. The average Bonchev–Trinajstić information content (AvgIpc) is 3.84. The van der Waals surface area contributed by atoms with Gasteiger partial charge in [-0.15, -0.1) is 22.7 Å². The summed E-state index contributed by atoms with van der Waals surface area (Å²) < 4.78 is 5.36. The van der Waals surface area contributed by atoms with Gasteiger partial charge in [-0.2, -0.15) is 0 Å². The molecule has 2 heteroatoms. The van der Waals surface area contributed by atoms with Crippen LogP contribution >= 0.6 is 22.7 Å². The van der Waals surface area contributed by atoms with Crippen LogP contribution in [-0.2, 0) is 0 Å². The molecule has 0 aliphatic heterocycles. The molecule has 13 aromatic rings. The van der Waals surface area contributed by atoms with Crippen LogP contribution in [0, 0.1) is 0 Å². The summed E-state index contributed by atoms with van der Waals surface area (Å²) in [7, 11) is 0. The van der Waals surface area contributed by atoms with Crippen LogP contribution in [0.3, 0.4) is 0 Å². The number of rotatable bonds is 3. The number of thiophene rings is 2. The fourth-order valence-corrected chi connectivity index (χ4v) is 12.2. The standard InChI is InChI=1S/C56H32S2/c1-2-14-36-33(12-1)13-11-22-41(36)54-42-18-5-7-20-44(42)55(45-21-8-6-19-43(45)54)46-28-27-37(38-15-3-4-16-39(38)46)34-24-26-47-52(30-34)58-51-29-25-35-31-53-49(32-48(35)56(47)51)40-17-9-10-23-50(40)57-53/h1-32H. The molecule has 0 nitrogen and oxygen atoms in total. The predicted octanol–water partition coefficient (Wildman–Crippen LogP) is 17.2. The molecule has 0 amide bonds. The first kappa shape index (κ1) is 32.3. The van der Waals surface area contributed by atoms with Gasteiger partial charge in [0.05, 0.1) is 0 Å². The number of hydrogen-bond acceptors (Lipinski definition) is 2. The van der Waals surface area contributed by atoms with Crippen LogP contribution in [0.25, 0.3) is 128 Å². The van der Waals surface area contributed by atoms with Crippen molar-refractivity contribution in [2.75, 3.05) is 0 Å². The van der Waals surface area contributed by atoms with Crippen LogP contribution in [0.4, 0.5) is 0 Å². The topological polar surface area (TPSA) is 0 Å². The second-order valence-electron chi connectivity index (χ2n) is 15.5. The Balaban J connectivity index is 1.02. The zero-order valence-electron chi connectivity index (χ0n) is 31.3. The van der Waals surface area contributed by atoms with Crippen molar-refractivity contribution in [2.45, 2.75) is 0 Å². The highest BCUT2D eigenvalue weighted by Gasteiger charge is 2.20. The summed E-state index contributed by atoms with van der Waals surface area (Å²) in [5, 5.41) is 18.2. The van der Waals surface area contributed by atoms with Crippen LogP contribution in [0.1, 0.15) is 0 Å². The molecule has 0 radical (unpaired) electrons. The lowest BCUT2D eigenvalue weighted by Crippen LogP contribution is -1.93. The van der Waals surface area contributed by atoms with Gasteiger partial charge < -0.3 is 0 Å². The lowest BCUT2D eigenvalue weighted by atomic mass is 9.83. The van der Waals surface area contributed by atoms with E-state index in [9.17, 15) is 0 Å². The molecule has 0 bridgehead atoms. The van der Waals surface area contributed by atoms with Crippen molar-refractivity contribution in [2.24, 2.45) is 0 Å². The fraction of sp³-hybridized carbons (Fsp3) is 0. The molecule has 0 saturated heterocycles. The van der Waals surface area contributed by atoms with Crippen molar-refractivity contribution >= 4 is 117 Å². The first-order chi connectivity index (χ1) is 28.8. The molecule has 11 aromatic carbocycles. The Morgan fingerprint density at radius 3 is 1.53 bits per heavy atom. The van der Waals surface area contributed by atoms with Gasteiger partial charge in [-0.25, -0.2) is 0 Å². The van der Waals surface area contributed by atoms with E-state index in [4.69, 9.17) is 0 Å². The third-order valence-electron chi connectivity index (χ3n) is 12.4. The molecule has 0 unspecified atom stereocenters. The summed E-state index contributed by atoms with van der Waals surface area (Å²) in [5.74, 6) is 0. The minimum absolute atomic E-state index is 1.25. The van der Waals surface area contributed by atoms with Crippen molar-refractivity contribution in [1.82, 2.24) is 0 Å². The Bertz CT molecular complexity index is 3800. The molecule has 2 aromatic heterocycles. The second kappa shape index (κ2) is 12.3. The summed E-state index contributed by atoms with van der Waals surface area (Å²) in [5.41, 5.74) is 7.63. The van der Waals surface area contributed by atoms with Crippen molar-refractivity contribution in [1.29, 1.82) is 0 Å². The quantitative estimate of drug-likeness (QED) is 0.157. The second-order valence-corrected chi connectivity index (χ2v) is 17.7. The van der Waals surface area contributed by atoms with E-state index in [0.29, 0.717) is 0 Å². The Morgan fingerprint density at radius 2 is 0.793 bits per heavy atom. The molecule has 0 aliphatic rings. The highest BCUT2D eigenvalue weighted by atomic mass is 32.1. The maximum Gasteiger partial charge on any atom is 0.0361 e. The molecule has 0 fully saturated rings. The van der Waals surface area contributed by atoms with Gasteiger partial charge in [0.15, 0.2) is 0 Å². The Hall–Kier alpha value is -6.84. The number of hydrogen-bond donors (Lipinski definition) is 0. The van der Waals surface area contributed by atoms with Gasteiger partial charge >= 0.3 is 0 Å². The van der Waals surface area contributed by atoms with Crippen LogP contribution in [0.2, 0.25) is 0 Å². The van der Waals surface area contributed by atoms with E-state index in [-0.39, 0.29) is 0 Å². The highest BCUT2D eigenvalue weighted by molar-refractivity contribution is 7.26. The molecule has 58 heavy (non-hydrogen) atoms. The van der Waals surface area contributed by atoms with Crippen LogP contribution in [0.5, 0.6) is 0 Å². The molecule has 0 N–H and O–H groups in total. The van der Waals surface area contributed by atoms with Gasteiger partial charge in [-0.05, 0) is 118 Å². The third-order valence-corrected chi connectivity index (χ3v) is 14.7. The van der Waals surface area contributed by atoms with E-state index in [1.807, 2.05) is 22.7 Å². The Morgan fingerprint density at radius 1 is 0.241 bits per heavy atom. The maximum absolute atomic E-state index is 2.44. The summed E-state index contributed by atoms with van der Waals surface area (Å²) in [6, 6.07) is 72.7. The average molecular weight is 769 g/mol. The molecular weight excluding hydrogens is 737 g/mol. The Kier molecular flexibility index (Phi) is 6.86. The van der Waals surface area contributed by atoms with Gasteiger partial charge in [0.25, 0.3) is 0 Å². The molecule has 0 spiro atoms. The molecule has 268 valence electrons. The maximum atomic E-state index is 2.44. The van der Waals surface area contributed by atoms with Gasteiger partial charge in [-0.3, -0.25) is 0 Å². The smallest absolute Gasteiger partial charge is 0.0361 e. The summed E-state index contributed by atoms with van der Waals surface area (Å²) >= 11 is 3.80. The van der Waals surface area contributed by atoms with E-state index in [2.05, 4.69) is 194 Å². The minimum Gasteiger partial charge on any atom is -0.135 e. The van der Waals surface area contributed by atoms with Crippen LogP contribution in [0.15, 0.2) is 194 Å². The van der Waals surface area contributed by atoms with Crippen molar-refractivity contribution in [3.63, 3.8) is 0 Å². The lowest BCUT2D eigenvalue weighted by molar-refractivity contribution is 1.67. The molecular formula is C56H32S2. The van der Waals surface area contributed by atoms with Crippen molar-refractivity contribution in [3.8, 4) is 33.4 Å². The summed E-state index contributed by atoms with van der Waals surface area (Å²) in [6.45, 7) is 0. The third kappa shape index (κ3) is 4.62. The minimum atomic E-state index is 1.25. The van der Waals surface area contributed by atoms with Crippen molar-refractivity contribution in [3.05, 3.63) is 194 Å². The SMILES string of the molecule is c1ccc2c(-c3c4ccccc4c(-c4ccc(-c5ccc6c(c5)sc5ccc7cc8sc9ccccc9c8cc7c56)c5ccccc45)c4ccccc34)cccc2c1. The van der Waals surface area contributed by atoms with Crippen LogP contribution < -0.4 is 0 Å². The van der Waals surface area contributed by atoms with E-state index in [0.717, 1.165) is 0 Å². The van der Waals surface area contributed by atoms with Crippen LogP contribution in [-0.4, -0.2) is 0 Å². The normalized spacial score (nSPS) is 12.1. The van der Waals surface area contributed by atoms with Gasteiger partial charge in [-0.1, -0.05) is 164 Å². The first-order valence-electron chi connectivity index (χ1n) is 19.9. The van der Waals surface area contributed by atoms with Gasteiger partial charge in [0.2, 0.25) is 0 Å². The summed E-state index contributed by atoms with van der Waals surface area (Å²) in [4.78, 5) is 0. The monoisotopic (exact) mass is 768 g/mol. The Labute approximate surface area is 342 Å². The lowest BCUT2D eigenvalue weighted by Gasteiger charge is -2.20. The zero-order valence-corrected chi connectivity index (χ0v) is 32.9. The van der Waals surface area contributed by atoms with E-state index < -0.39 is 0 Å². The van der Waals surface area contributed by atoms with E-state index in [1.165, 1.54) is 128 Å². The van der Waals surface area contributed by atoms with E-state index >= 15 is 0 Å². The van der Waals surface area contributed by atoms with E-state index in [1.54, 1.807) is 0 Å². The highest BCUT2D eigenvalue weighted by Crippen LogP contribution is 2.49. The van der Waals surface area contributed by atoms with Gasteiger partial charge in [0.1, 0.15) is 0 Å². The predicted molar refractivity (Wildman–Crippen MR) is 256 cm³/mol. The number of fused-ring (bicyclic) bond motifs is 12. The summed E-state index contributed by atoms with van der Waals surface area (Å²) in [6.07, 6.45) is 0. The molecule has 0 saturated carbocycles. The molecule has 2 heterocycles. The molecule has 0 aliphatic carbocycles. The largest absolute Gasteiger partial charge is 0.135 e. The molecule has 0 atom stereocenters. The zero-order chi connectivity index (χ0) is 37.9.